The van der Waals surface area contributed by atoms with Crippen molar-refractivity contribution in [2.75, 3.05) is 39.1 Å². The zero-order valence-corrected chi connectivity index (χ0v) is 17.1. The number of ether oxygens (including phenoxy) is 4. The minimum atomic E-state index is -0.629. The van der Waals surface area contributed by atoms with Gasteiger partial charge in [-0.1, -0.05) is 0 Å². The van der Waals surface area contributed by atoms with Gasteiger partial charge in [0.15, 0.2) is 0 Å². The molecule has 2 aromatic carbocycles. The Morgan fingerprint density at radius 2 is 1.53 bits per heavy atom. The van der Waals surface area contributed by atoms with Gasteiger partial charge < -0.3 is 29.6 Å². The summed E-state index contributed by atoms with van der Waals surface area (Å²) in [6.07, 6.45) is 7.98. The second kappa shape index (κ2) is 10.4. The highest BCUT2D eigenvalue weighted by Crippen LogP contribution is 2.35. The fraction of sp³-hybridized carbons (Fsp3) is 0.182. The first kappa shape index (κ1) is 22.2. The van der Waals surface area contributed by atoms with Crippen LogP contribution < -0.4 is 29.6 Å². The molecule has 2 amide bonds. The molecule has 0 fully saturated rings. The van der Waals surface area contributed by atoms with Crippen molar-refractivity contribution < 1.29 is 28.5 Å². The number of carbonyl (C=O) groups excluding carboxylic acids is 2. The first-order valence-corrected chi connectivity index (χ1v) is 8.70. The monoisotopic (exact) mass is 410 g/mol. The second-order valence-corrected chi connectivity index (χ2v) is 5.78. The topological polar surface area (TPSA) is 95.1 Å². The number of terminal acetylenes is 1. The van der Waals surface area contributed by atoms with Crippen LogP contribution in [0.5, 0.6) is 23.0 Å². The summed E-state index contributed by atoms with van der Waals surface area (Å²) in [7, 11) is 6.01. The third kappa shape index (κ3) is 5.45. The molecular formula is C22H22N2O6. The molecule has 0 aliphatic heterocycles. The van der Waals surface area contributed by atoms with Gasteiger partial charge in [0.2, 0.25) is 5.91 Å². The van der Waals surface area contributed by atoms with E-state index in [9.17, 15) is 9.59 Å². The SMILES string of the molecule is C#CC(=O)Nc1cc(NC(=O)C=Cc2c(OC)cc(OC)cc2OC)ccc1OC. The van der Waals surface area contributed by atoms with Gasteiger partial charge in [0, 0.05) is 23.9 Å². The molecule has 0 spiro atoms. The number of amides is 2. The Morgan fingerprint density at radius 1 is 0.900 bits per heavy atom. The summed E-state index contributed by atoms with van der Waals surface area (Å²) in [5.41, 5.74) is 1.35. The average molecular weight is 410 g/mol. The van der Waals surface area contributed by atoms with Crippen molar-refractivity contribution >= 4 is 29.3 Å². The fourth-order valence-electron chi connectivity index (χ4n) is 2.58. The molecule has 2 N–H and O–H groups in total. The summed E-state index contributed by atoms with van der Waals surface area (Å²) in [5.74, 6) is 2.85. The third-order valence-corrected chi connectivity index (χ3v) is 4.00. The van der Waals surface area contributed by atoms with E-state index in [4.69, 9.17) is 25.4 Å². The zero-order valence-electron chi connectivity index (χ0n) is 17.1. The summed E-state index contributed by atoms with van der Waals surface area (Å²) < 4.78 is 21.1. The van der Waals surface area contributed by atoms with Crippen LogP contribution in [0, 0.1) is 12.3 Å². The molecule has 156 valence electrons. The number of benzene rings is 2. The highest BCUT2D eigenvalue weighted by molar-refractivity contribution is 6.06. The highest BCUT2D eigenvalue weighted by atomic mass is 16.5. The Bertz CT molecular complexity index is 982. The number of methoxy groups -OCH3 is 4. The van der Waals surface area contributed by atoms with Crippen LogP contribution in [0.15, 0.2) is 36.4 Å². The molecule has 0 saturated heterocycles. The maximum absolute atomic E-state index is 12.4. The summed E-state index contributed by atoms with van der Waals surface area (Å²) in [6.45, 7) is 0. The number of hydrogen-bond donors (Lipinski definition) is 2. The van der Waals surface area contributed by atoms with Crippen molar-refractivity contribution in [2.24, 2.45) is 0 Å². The minimum Gasteiger partial charge on any atom is -0.496 e. The van der Waals surface area contributed by atoms with E-state index in [0.29, 0.717) is 39.9 Å². The van der Waals surface area contributed by atoms with E-state index in [-0.39, 0.29) is 0 Å². The lowest BCUT2D eigenvalue weighted by molar-refractivity contribution is -0.112. The predicted molar refractivity (Wildman–Crippen MR) is 114 cm³/mol. The van der Waals surface area contributed by atoms with Crippen molar-refractivity contribution in [3.05, 3.63) is 42.0 Å². The van der Waals surface area contributed by atoms with Crippen LogP contribution in [0.4, 0.5) is 11.4 Å². The minimum absolute atomic E-state index is 0.334. The smallest absolute Gasteiger partial charge is 0.300 e. The van der Waals surface area contributed by atoms with Gasteiger partial charge >= 0.3 is 0 Å². The Kier molecular flexibility index (Phi) is 7.71. The van der Waals surface area contributed by atoms with Crippen LogP contribution >= 0.6 is 0 Å². The van der Waals surface area contributed by atoms with Gasteiger partial charge in [0.1, 0.15) is 23.0 Å². The largest absolute Gasteiger partial charge is 0.496 e. The van der Waals surface area contributed by atoms with Crippen LogP contribution in [0.2, 0.25) is 0 Å². The van der Waals surface area contributed by atoms with Gasteiger partial charge in [-0.25, -0.2) is 0 Å². The van der Waals surface area contributed by atoms with Crippen LogP contribution in [0.25, 0.3) is 6.08 Å². The number of rotatable bonds is 8. The van der Waals surface area contributed by atoms with E-state index in [0.717, 1.165) is 0 Å². The van der Waals surface area contributed by atoms with Crippen molar-refractivity contribution in [3.8, 4) is 35.3 Å². The molecule has 2 aromatic rings. The quantitative estimate of drug-likeness (QED) is 0.513. The zero-order chi connectivity index (χ0) is 22.1. The summed E-state index contributed by atoms with van der Waals surface area (Å²) in [5, 5.41) is 5.21. The molecule has 0 aliphatic carbocycles. The number of anilines is 2. The second-order valence-electron chi connectivity index (χ2n) is 5.78. The number of carbonyl (C=O) groups is 2. The van der Waals surface area contributed by atoms with Gasteiger partial charge in [0.25, 0.3) is 5.91 Å². The maximum Gasteiger partial charge on any atom is 0.300 e. The van der Waals surface area contributed by atoms with Gasteiger partial charge in [-0.2, -0.15) is 0 Å². The first-order valence-electron chi connectivity index (χ1n) is 8.70. The van der Waals surface area contributed by atoms with Gasteiger partial charge in [-0.15, -0.1) is 6.42 Å². The predicted octanol–water partition coefficient (Wildman–Crippen LogP) is 2.94. The molecule has 0 atom stereocenters. The first-order chi connectivity index (χ1) is 14.4. The fourth-order valence-corrected chi connectivity index (χ4v) is 2.58. The van der Waals surface area contributed by atoms with E-state index in [1.54, 1.807) is 30.3 Å². The molecule has 8 heteroatoms. The lowest BCUT2D eigenvalue weighted by atomic mass is 10.1. The van der Waals surface area contributed by atoms with Gasteiger partial charge in [0.05, 0.1) is 39.7 Å². The average Bonchev–Trinajstić information content (AvgIpc) is 2.77. The summed E-state index contributed by atoms with van der Waals surface area (Å²) >= 11 is 0. The van der Waals surface area contributed by atoms with E-state index >= 15 is 0 Å². The molecule has 0 saturated carbocycles. The molecule has 8 nitrogen and oxygen atoms in total. The standard InChI is InChI=1S/C22H22N2O6/c1-6-21(25)24-17-11-14(7-9-18(17)28-3)23-22(26)10-8-16-19(29-4)12-15(27-2)13-20(16)30-5/h1,7-13H,2-5H3,(H,23,26)(H,24,25). The van der Waals surface area contributed by atoms with Crippen LogP contribution in [-0.4, -0.2) is 40.3 Å². The van der Waals surface area contributed by atoms with Crippen molar-refractivity contribution in [1.82, 2.24) is 0 Å². The molecule has 0 unspecified atom stereocenters. The normalized spacial score (nSPS) is 10.1. The molecule has 30 heavy (non-hydrogen) atoms. The number of nitrogens with one attached hydrogen (secondary N) is 2. The van der Waals surface area contributed by atoms with Crippen molar-refractivity contribution in [3.63, 3.8) is 0 Å². The Balaban J connectivity index is 2.24. The molecule has 0 bridgehead atoms. The molecular weight excluding hydrogens is 388 g/mol. The van der Waals surface area contributed by atoms with E-state index in [1.807, 2.05) is 5.92 Å². The maximum atomic E-state index is 12.4. The Morgan fingerprint density at radius 3 is 2.07 bits per heavy atom. The Hall–Kier alpha value is -4.12. The highest BCUT2D eigenvalue weighted by Gasteiger charge is 2.12. The molecule has 0 aromatic heterocycles. The summed E-state index contributed by atoms with van der Waals surface area (Å²) in [4.78, 5) is 23.9. The molecule has 0 heterocycles. The van der Waals surface area contributed by atoms with E-state index < -0.39 is 11.8 Å². The van der Waals surface area contributed by atoms with Gasteiger partial charge in [-0.3, -0.25) is 9.59 Å². The van der Waals surface area contributed by atoms with E-state index in [2.05, 4.69) is 10.6 Å². The van der Waals surface area contributed by atoms with E-state index in [1.165, 1.54) is 40.6 Å². The molecule has 0 radical (unpaired) electrons. The Labute approximate surface area is 174 Å². The lowest BCUT2D eigenvalue weighted by Gasteiger charge is -2.13. The lowest BCUT2D eigenvalue weighted by Crippen LogP contribution is -2.11. The molecule has 2 rings (SSSR count). The van der Waals surface area contributed by atoms with Crippen LogP contribution in [0.3, 0.4) is 0 Å². The van der Waals surface area contributed by atoms with Gasteiger partial charge in [-0.05, 0) is 30.2 Å². The van der Waals surface area contributed by atoms with Crippen LogP contribution in [0.1, 0.15) is 5.56 Å². The number of hydrogen-bond acceptors (Lipinski definition) is 6. The third-order valence-electron chi connectivity index (χ3n) is 4.00. The summed E-state index contributed by atoms with van der Waals surface area (Å²) in [6, 6.07) is 8.13. The molecule has 0 aliphatic rings. The van der Waals surface area contributed by atoms with Crippen LogP contribution in [-0.2, 0) is 9.59 Å². The van der Waals surface area contributed by atoms with Crippen molar-refractivity contribution in [1.29, 1.82) is 0 Å². The van der Waals surface area contributed by atoms with Crippen molar-refractivity contribution in [2.45, 2.75) is 0 Å².